The van der Waals surface area contributed by atoms with Gasteiger partial charge in [-0.15, -0.1) is 0 Å². The Morgan fingerprint density at radius 3 is 1.92 bits per heavy atom. The van der Waals surface area contributed by atoms with Gasteiger partial charge in [0.15, 0.2) is 0 Å². The number of allylic oxidation sites excluding steroid dienone is 1. The van der Waals surface area contributed by atoms with Crippen LogP contribution >= 0.6 is 15.9 Å². The van der Waals surface area contributed by atoms with Crippen molar-refractivity contribution in [1.29, 1.82) is 0 Å². The van der Waals surface area contributed by atoms with Gasteiger partial charge in [0.1, 0.15) is 5.97 Å². The van der Waals surface area contributed by atoms with Crippen LogP contribution in [0.5, 0.6) is 0 Å². The van der Waals surface area contributed by atoms with E-state index in [0.29, 0.717) is 28.0 Å². The summed E-state index contributed by atoms with van der Waals surface area (Å²) >= 11 is 3.29. The van der Waals surface area contributed by atoms with Crippen molar-refractivity contribution in [2.75, 3.05) is 13.1 Å². The molecule has 3 nitrogen and oxygen atoms in total. The van der Waals surface area contributed by atoms with E-state index in [1.54, 1.807) is 24.3 Å². The maximum atomic E-state index is 13.2. The molecule has 0 bridgehead atoms. The van der Waals surface area contributed by atoms with E-state index in [1.807, 2.05) is 0 Å². The lowest BCUT2D eigenvalue weighted by Crippen LogP contribution is -3.12. The molecule has 1 aromatic rings. The molecule has 26 heavy (non-hydrogen) atoms. The first-order valence-electron chi connectivity index (χ1n) is 7.59. The number of aliphatic carboxylic acids is 1. The van der Waals surface area contributed by atoms with E-state index in [9.17, 15) is 26.3 Å². The summed E-state index contributed by atoms with van der Waals surface area (Å²) in [4.78, 5) is 9.34. The maximum absolute atomic E-state index is 13.2. The molecule has 0 aliphatic carbocycles. The monoisotopic (exact) mass is 447 g/mol. The molecule has 0 amide bonds. The second kappa shape index (κ2) is 9.40. The highest BCUT2D eigenvalue weighted by molar-refractivity contribution is 9.10. The van der Waals surface area contributed by atoms with Crippen LogP contribution in [-0.4, -0.2) is 31.4 Å². The SMILES string of the molecule is FC(F)(F)/C(=C\c1ccccc1Br)[NH+]1CCCCC1.O=C([O-])C(F)(F)F. The summed E-state index contributed by atoms with van der Waals surface area (Å²) in [5, 5.41) is 8.78. The van der Waals surface area contributed by atoms with Crippen molar-refractivity contribution < 1.29 is 41.1 Å². The number of hydrogen-bond donors (Lipinski definition) is 1. The van der Waals surface area contributed by atoms with E-state index >= 15 is 0 Å². The van der Waals surface area contributed by atoms with E-state index in [1.165, 1.54) is 6.08 Å². The van der Waals surface area contributed by atoms with E-state index in [0.717, 1.165) is 19.3 Å². The Balaban J connectivity index is 0.000000412. The zero-order chi connectivity index (χ0) is 20.0. The minimum Gasteiger partial charge on any atom is -0.542 e. The Labute approximate surface area is 154 Å². The molecule has 0 aromatic heterocycles. The van der Waals surface area contributed by atoms with E-state index in [4.69, 9.17) is 9.90 Å². The highest BCUT2D eigenvalue weighted by Crippen LogP contribution is 2.26. The molecule has 1 N–H and O–H groups in total. The van der Waals surface area contributed by atoms with Gasteiger partial charge in [-0.1, -0.05) is 34.1 Å². The molecule has 2 rings (SSSR count). The average molecular weight is 448 g/mol. The fourth-order valence-corrected chi connectivity index (χ4v) is 2.78. The van der Waals surface area contributed by atoms with Crippen molar-refractivity contribution in [2.45, 2.75) is 31.6 Å². The zero-order valence-electron chi connectivity index (χ0n) is 13.4. The molecular formula is C16H16BrF6NO2. The van der Waals surface area contributed by atoms with Crippen LogP contribution in [0.3, 0.4) is 0 Å². The third-order valence-corrected chi connectivity index (χ3v) is 4.30. The number of hydrogen-bond acceptors (Lipinski definition) is 2. The summed E-state index contributed by atoms with van der Waals surface area (Å²) in [6, 6.07) is 6.99. The van der Waals surface area contributed by atoms with Crippen molar-refractivity contribution in [1.82, 2.24) is 0 Å². The summed E-state index contributed by atoms with van der Waals surface area (Å²) < 4.78 is 71.9. The molecule has 0 spiro atoms. The Hall–Kier alpha value is -1.55. The number of nitrogens with one attached hydrogen (secondary N) is 1. The summed E-state index contributed by atoms with van der Waals surface area (Å²) in [7, 11) is 0. The fourth-order valence-electron chi connectivity index (χ4n) is 2.38. The van der Waals surface area contributed by atoms with Crippen molar-refractivity contribution in [2.24, 2.45) is 0 Å². The topological polar surface area (TPSA) is 44.6 Å². The van der Waals surface area contributed by atoms with Crippen LogP contribution in [0.1, 0.15) is 24.8 Å². The third kappa shape index (κ3) is 7.36. The number of carbonyl (C=O) groups is 1. The zero-order valence-corrected chi connectivity index (χ0v) is 15.0. The molecule has 1 aliphatic rings. The predicted octanol–water partition coefficient (Wildman–Crippen LogP) is 2.72. The predicted molar refractivity (Wildman–Crippen MR) is 83.8 cm³/mol. The normalized spacial score (nSPS) is 16.7. The Morgan fingerprint density at radius 2 is 1.50 bits per heavy atom. The van der Waals surface area contributed by atoms with Crippen molar-refractivity contribution >= 4 is 28.0 Å². The third-order valence-electron chi connectivity index (χ3n) is 3.58. The van der Waals surface area contributed by atoms with Crippen LogP contribution in [0.25, 0.3) is 6.08 Å². The Morgan fingerprint density at radius 1 is 1.00 bits per heavy atom. The number of rotatable bonds is 2. The van der Waals surface area contributed by atoms with Gasteiger partial charge in [0, 0.05) is 10.5 Å². The van der Waals surface area contributed by atoms with Gasteiger partial charge in [0.05, 0.1) is 13.1 Å². The van der Waals surface area contributed by atoms with Gasteiger partial charge in [0.2, 0.25) is 5.70 Å². The molecule has 0 unspecified atom stereocenters. The first-order chi connectivity index (χ1) is 11.9. The van der Waals surface area contributed by atoms with E-state index in [-0.39, 0.29) is 0 Å². The Bertz CT molecular complexity index is 636. The first-order valence-corrected chi connectivity index (χ1v) is 8.39. The Kier molecular flexibility index (Phi) is 8.14. The minimum atomic E-state index is -5.19. The smallest absolute Gasteiger partial charge is 0.466 e. The van der Waals surface area contributed by atoms with Gasteiger partial charge in [-0.2, -0.15) is 26.3 Å². The number of likely N-dealkylation sites (tertiary alicyclic amines) is 1. The second-order valence-electron chi connectivity index (χ2n) is 5.53. The van der Waals surface area contributed by atoms with Gasteiger partial charge >= 0.3 is 12.4 Å². The molecular weight excluding hydrogens is 432 g/mol. The molecule has 146 valence electrons. The van der Waals surface area contributed by atoms with Crippen LogP contribution in [0.15, 0.2) is 34.4 Å². The number of piperidine rings is 1. The molecule has 1 heterocycles. The number of carboxylic acids is 1. The largest absolute Gasteiger partial charge is 0.542 e. The van der Waals surface area contributed by atoms with Gasteiger partial charge in [-0.05, 0) is 30.9 Å². The summed E-state index contributed by atoms with van der Waals surface area (Å²) in [6.45, 7) is 1.13. The number of benzene rings is 1. The number of halogens is 7. The van der Waals surface area contributed by atoms with Crippen LogP contribution in [0.4, 0.5) is 26.3 Å². The quantitative estimate of drug-likeness (QED) is 0.708. The van der Waals surface area contributed by atoms with Crippen LogP contribution in [-0.2, 0) is 4.79 Å². The molecule has 10 heteroatoms. The standard InChI is InChI=1S/C14H15BrF3N.C2HF3O2/c15-12-7-3-2-6-11(12)10-13(14(16,17)18)19-8-4-1-5-9-19;3-2(4,5)1(6)7/h2-3,6-7,10H,1,4-5,8-9H2;(H,6,7)/b13-10+;. The summed E-state index contributed by atoms with van der Waals surface area (Å²) in [5.41, 5.74) is 0.118. The fraction of sp³-hybridized carbons (Fsp3) is 0.438. The number of alkyl halides is 6. The summed E-state index contributed by atoms with van der Waals surface area (Å²) in [5.74, 6) is -3.01. The number of carbonyl (C=O) groups excluding carboxylic acids is 1. The lowest BCUT2D eigenvalue weighted by Gasteiger charge is -2.26. The van der Waals surface area contributed by atoms with E-state index < -0.39 is 24.0 Å². The van der Waals surface area contributed by atoms with Gasteiger partial charge in [-0.3, -0.25) is 4.90 Å². The van der Waals surface area contributed by atoms with Crippen molar-refractivity contribution in [3.8, 4) is 0 Å². The molecule has 1 saturated heterocycles. The highest BCUT2D eigenvalue weighted by atomic mass is 79.9. The van der Waals surface area contributed by atoms with E-state index in [2.05, 4.69) is 15.9 Å². The number of quaternary nitrogens is 1. The molecule has 1 aromatic carbocycles. The van der Waals surface area contributed by atoms with Gasteiger partial charge in [0.25, 0.3) is 0 Å². The molecule has 0 saturated carbocycles. The second-order valence-corrected chi connectivity index (χ2v) is 6.38. The van der Waals surface area contributed by atoms with Crippen molar-refractivity contribution in [3.63, 3.8) is 0 Å². The highest BCUT2D eigenvalue weighted by Gasteiger charge is 2.42. The van der Waals surface area contributed by atoms with Crippen LogP contribution < -0.4 is 10.0 Å². The number of carboxylic acid groups (broad SMARTS) is 1. The molecule has 0 atom stereocenters. The van der Waals surface area contributed by atoms with Crippen molar-refractivity contribution in [3.05, 3.63) is 40.0 Å². The first kappa shape index (κ1) is 22.5. The molecule has 1 aliphatic heterocycles. The van der Waals surface area contributed by atoms with Crippen LogP contribution in [0, 0.1) is 0 Å². The lowest BCUT2D eigenvalue weighted by atomic mass is 10.1. The molecule has 1 fully saturated rings. The summed E-state index contributed by atoms with van der Waals surface area (Å²) in [6.07, 6.45) is -5.45. The molecule has 0 radical (unpaired) electrons. The van der Waals surface area contributed by atoms with Crippen LogP contribution in [0.2, 0.25) is 0 Å². The average Bonchev–Trinajstić information content (AvgIpc) is 2.53. The van der Waals surface area contributed by atoms with Gasteiger partial charge < -0.3 is 9.90 Å². The van der Waals surface area contributed by atoms with Gasteiger partial charge in [-0.25, -0.2) is 0 Å². The maximum Gasteiger partial charge on any atom is 0.466 e. The minimum absolute atomic E-state index is 0.459. The lowest BCUT2D eigenvalue weighted by molar-refractivity contribution is -0.874.